The van der Waals surface area contributed by atoms with Crippen molar-refractivity contribution in [3.05, 3.63) is 0 Å². The summed E-state index contributed by atoms with van der Waals surface area (Å²) in [5.41, 5.74) is -0.423. The van der Waals surface area contributed by atoms with Crippen LogP contribution < -0.4 is 0 Å². The molecular formula is C22H44Cl2O. The molecule has 0 saturated heterocycles. The summed E-state index contributed by atoms with van der Waals surface area (Å²) in [5.74, 6) is 0. The molecule has 25 heavy (non-hydrogen) atoms. The highest BCUT2D eigenvalue weighted by atomic mass is 35.5. The summed E-state index contributed by atoms with van der Waals surface area (Å²) in [6, 6.07) is 0. The van der Waals surface area contributed by atoms with E-state index in [-0.39, 0.29) is 11.1 Å². The molecule has 0 aromatic carbocycles. The number of rotatable bonds is 20. The summed E-state index contributed by atoms with van der Waals surface area (Å²) >= 11 is 12.5. The molecule has 0 amide bonds. The first kappa shape index (κ1) is 25.5. The lowest BCUT2D eigenvalue weighted by Crippen LogP contribution is -2.13. The van der Waals surface area contributed by atoms with Gasteiger partial charge in [0.15, 0.2) is 0 Å². The van der Waals surface area contributed by atoms with E-state index in [9.17, 15) is 0 Å². The van der Waals surface area contributed by atoms with Crippen LogP contribution in [-0.2, 0) is 4.74 Å². The van der Waals surface area contributed by atoms with Crippen molar-refractivity contribution < 1.29 is 4.74 Å². The molecule has 0 rings (SSSR count). The van der Waals surface area contributed by atoms with Gasteiger partial charge in [-0.25, -0.2) is 0 Å². The molecule has 0 aromatic rings. The first-order chi connectivity index (χ1) is 12.2. The minimum atomic E-state index is -0.211. The van der Waals surface area contributed by atoms with Gasteiger partial charge in [-0.2, -0.15) is 0 Å². The van der Waals surface area contributed by atoms with Gasteiger partial charge in [0, 0.05) is 0 Å². The van der Waals surface area contributed by atoms with E-state index in [2.05, 4.69) is 13.8 Å². The predicted molar refractivity (Wildman–Crippen MR) is 115 cm³/mol. The summed E-state index contributed by atoms with van der Waals surface area (Å²) < 4.78 is 5.70. The van der Waals surface area contributed by atoms with Crippen LogP contribution in [0.5, 0.6) is 0 Å². The molecule has 0 saturated carbocycles. The van der Waals surface area contributed by atoms with E-state index in [1.807, 2.05) is 0 Å². The summed E-state index contributed by atoms with van der Waals surface area (Å²) in [5, 5.41) is 0. The van der Waals surface area contributed by atoms with Gasteiger partial charge in [-0.05, 0) is 25.7 Å². The van der Waals surface area contributed by atoms with Crippen LogP contribution in [0.25, 0.3) is 0 Å². The Morgan fingerprint density at radius 2 is 0.760 bits per heavy atom. The van der Waals surface area contributed by atoms with E-state index >= 15 is 0 Å². The Balaban J connectivity index is 3.31. The lowest BCUT2D eigenvalue weighted by atomic mass is 10.1. The summed E-state index contributed by atoms with van der Waals surface area (Å²) in [7, 11) is 0. The third-order valence-corrected chi connectivity index (χ3v) is 5.51. The second-order valence-corrected chi connectivity index (χ2v) is 8.46. The van der Waals surface area contributed by atoms with Crippen molar-refractivity contribution in [2.45, 2.75) is 141 Å². The first-order valence-electron chi connectivity index (χ1n) is 11.1. The highest BCUT2D eigenvalue weighted by Crippen LogP contribution is 2.19. The molecule has 0 radical (unpaired) electrons. The molecule has 0 fully saturated rings. The Bertz CT molecular complexity index is 224. The van der Waals surface area contributed by atoms with Crippen molar-refractivity contribution in [3.8, 4) is 0 Å². The molecule has 0 aliphatic carbocycles. The molecule has 0 spiro atoms. The predicted octanol–water partition coefficient (Wildman–Crippen LogP) is 9.19. The van der Waals surface area contributed by atoms with Crippen molar-refractivity contribution in [1.29, 1.82) is 0 Å². The Morgan fingerprint density at radius 3 is 1.08 bits per heavy atom. The molecule has 2 atom stereocenters. The molecule has 0 bridgehead atoms. The molecule has 0 aromatic heterocycles. The molecular weight excluding hydrogens is 351 g/mol. The lowest BCUT2D eigenvalue weighted by molar-refractivity contribution is 0.0690. The van der Waals surface area contributed by atoms with Gasteiger partial charge in [0.1, 0.15) is 11.1 Å². The first-order valence-corrected chi connectivity index (χ1v) is 12.0. The quantitative estimate of drug-likeness (QED) is 0.147. The lowest BCUT2D eigenvalue weighted by Gasteiger charge is -2.16. The second-order valence-electron chi connectivity index (χ2n) is 7.48. The van der Waals surface area contributed by atoms with E-state index in [1.165, 1.54) is 89.9 Å². The second kappa shape index (κ2) is 20.8. The molecule has 0 aliphatic rings. The molecule has 1 nitrogen and oxygen atoms in total. The van der Waals surface area contributed by atoms with Crippen molar-refractivity contribution in [2.24, 2.45) is 0 Å². The van der Waals surface area contributed by atoms with E-state index in [0.29, 0.717) is 0 Å². The molecule has 0 heterocycles. The van der Waals surface area contributed by atoms with Crippen LogP contribution in [-0.4, -0.2) is 11.1 Å². The number of unbranched alkanes of at least 4 members (excludes halogenated alkanes) is 14. The Kier molecular flexibility index (Phi) is 21.3. The van der Waals surface area contributed by atoms with Crippen LogP contribution in [0.4, 0.5) is 0 Å². The SMILES string of the molecule is CCCCCCCCCCC(Cl)OC(Cl)CCCCCCCCCC. The van der Waals surface area contributed by atoms with Crippen molar-refractivity contribution in [2.75, 3.05) is 0 Å². The maximum absolute atomic E-state index is 6.26. The van der Waals surface area contributed by atoms with Gasteiger partial charge in [-0.15, -0.1) is 0 Å². The molecule has 3 heteroatoms. The highest BCUT2D eigenvalue weighted by Gasteiger charge is 2.11. The molecule has 2 unspecified atom stereocenters. The van der Waals surface area contributed by atoms with E-state index in [0.717, 1.165) is 25.7 Å². The third kappa shape index (κ3) is 20.7. The average molecular weight is 395 g/mol. The van der Waals surface area contributed by atoms with Gasteiger partial charge in [0.25, 0.3) is 0 Å². The zero-order chi connectivity index (χ0) is 18.6. The number of hydrogen-bond acceptors (Lipinski definition) is 1. The fourth-order valence-corrected chi connectivity index (χ4v) is 3.78. The molecule has 0 aliphatic heterocycles. The number of ether oxygens (including phenoxy) is 1. The van der Waals surface area contributed by atoms with E-state index in [1.54, 1.807) is 0 Å². The van der Waals surface area contributed by atoms with Gasteiger partial charge < -0.3 is 4.74 Å². The zero-order valence-corrected chi connectivity index (χ0v) is 18.6. The third-order valence-electron chi connectivity index (χ3n) is 4.86. The van der Waals surface area contributed by atoms with Crippen molar-refractivity contribution in [3.63, 3.8) is 0 Å². The zero-order valence-electron chi connectivity index (χ0n) is 17.0. The van der Waals surface area contributed by atoms with Gasteiger partial charge in [-0.3, -0.25) is 0 Å². The van der Waals surface area contributed by atoms with Crippen LogP contribution in [0.1, 0.15) is 129 Å². The van der Waals surface area contributed by atoms with Gasteiger partial charge >= 0.3 is 0 Å². The van der Waals surface area contributed by atoms with E-state index < -0.39 is 0 Å². The normalized spacial score (nSPS) is 13.9. The van der Waals surface area contributed by atoms with Gasteiger partial charge in [0.05, 0.1) is 0 Å². The monoisotopic (exact) mass is 394 g/mol. The minimum Gasteiger partial charge on any atom is -0.344 e. The fourth-order valence-electron chi connectivity index (χ4n) is 3.17. The Labute approximate surface area is 168 Å². The average Bonchev–Trinajstić information content (AvgIpc) is 2.59. The topological polar surface area (TPSA) is 9.23 Å². The van der Waals surface area contributed by atoms with Crippen LogP contribution in [0, 0.1) is 0 Å². The molecule has 0 N–H and O–H groups in total. The maximum Gasteiger partial charge on any atom is 0.133 e. The van der Waals surface area contributed by atoms with Crippen LogP contribution >= 0.6 is 23.2 Å². The highest BCUT2D eigenvalue weighted by molar-refractivity contribution is 6.21. The smallest absolute Gasteiger partial charge is 0.133 e. The van der Waals surface area contributed by atoms with Crippen molar-refractivity contribution >= 4 is 23.2 Å². The number of hydrogen-bond donors (Lipinski definition) is 0. The number of halogens is 2. The fraction of sp³-hybridized carbons (Fsp3) is 1.00. The molecule has 152 valence electrons. The Morgan fingerprint density at radius 1 is 0.480 bits per heavy atom. The Hall–Kier alpha value is 0.540. The van der Waals surface area contributed by atoms with Crippen molar-refractivity contribution in [1.82, 2.24) is 0 Å². The summed E-state index contributed by atoms with van der Waals surface area (Å²) in [4.78, 5) is 0. The van der Waals surface area contributed by atoms with Crippen LogP contribution in [0.2, 0.25) is 0 Å². The van der Waals surface area contributed by atoms with Crippen LogP contribution in [0.15, 0.2) is 0 Å². The standard InChI is InChI=1S/C22H44Cl2O/c1-3-5-7-9-11-13-15-17-19-21(23)25-22(24)20-18-16-14-12-10-8-6-4-2/h21-22H,3-20H2,1-2H3. The minimum absolute atomic E-state index is 0.211. The van der Waals surface area contributed by atoms with Gasteiger partial charge in [0.2, 0.25) is 0 Å². The summed E-state index contributed by atoms with van der Waals surface area (Å²) in [6.07, 6.45) is 23.1. The van der Waals surface area contributed by atoms with E-state index in [4.69, 9.17) is 27.9 Å². The maximum atomic E-state index is 6.26. The number of alkyl halides is 2. The van der Waals surface area contributed by atoms with Crippen LogP contribution in [0.3, 0.4) is 0 Å². The summed E-state index contributed by atoms with van der Waals surface area (Å²) in [6.45, 7) is 4.53. The largest absolute Gasteiger partial charge is 0.344 e. The van der Waals surface area contributed by atoms with Gasteiger partial charge in [-0.1, -0.05) is 127 Å².